The van der Waals surface area contributed by atoms with Crippen LogP contribution in [0, 0.1) is 5.92 Å². The second-order valence-corrected chi connectivity index (χ2v) is 6.74. The van der Waals surface area contributed by atoms with Crippen molar-refractivity contribution in [2.24, 2.45) is 5.92 Å². The van der Waals surface area contributed by atoms with Gasteiger partial charge in [0.25, 0.3) is 0 Å². The first-order valence-electron chi connectivity index (χ1n) is 7.91. The summed E-state index contributed by atoms with van der Waals surface area (Å²) in [5.41, 5.74) is 2.06. The van der Waals surface area contributed by atoms with Crippen LogP contribution in [0.2, 0.25) is 5.02 Å². The van der Waals surface area contributed by atoms with Gasteiger partial charge in [0, 0.05) is 12.6 Å². The van der Waals surface area contributed by atoms with E-state index in [1.54, 1.807) is 6.92 Å². The molecule has 1 aliphatic heterocycles. The van der Waals surface area contributed by atoms with E-state index >= 15 is 0 Å². The third-order valence-electron chi connectivity index (χ3n) is 5.01. The van der Waals surface area contributed by atoms with Gasteiger partial charge in [0.1, 0.15) is 0 Å². The fourth-order valence-electron chi connectivity index (χ4n) is 3.94. The van der Waals surface area contributed by atoms with Crippen LogP contribution in [0.1, 0.15) is 57.1 Å². The topological polar surface area (TPSA) is 23.5 Å². The lowest BCUT2D eigenvalue weighted by Gasteiger charge is -2.45. The summed E-state index contributed by atoms with van der Waals surface area (Å²) < 4.78 is 0. The van der Waals surface area contributed by atoms with Crippen LogP contribution in [-0.4, -0.2) is 17.7 Å². The molecule has 1 saturated carbocycles. The fourth-order valence-corrected chi connectivity index (χ4v) is 4.24. The minimum atomic E-state index is -0.453. The first-order chi connectivity index (χ1) is 9.66. The summed E-state index contributed by atoms with van der Waals surface area (Å²) in [5, 5.41) is 10.5. The van der Waals surface area contributed by atoms with Crippen LogP contribution >= 0.6 is 11.6 Å². The lowest BCUT2D eigenvalue weighted by atomic mass is 9.78. The van der Waals surface area contributed by atoms with Crippen molar-refractivity contribution in [3.63, 3.8) is 0 Å². The maximum Gasteiger partial charge on any atom is 0.0762 e. The molecule has 0 bridgehead atoms. The number of hydrogen-bond acceptors (Lipinski definition) is 2. The summed E-state index contributed by atoms with van der Waals surface area (Å²) in [6.45, 7) is 2.90. The zero-order valence-electron chi connectivity index (χ0n) is 12.2. The van der Waals surface area contributed by atoms with E-state index in [2.05, 4.69) is 11.0 Å². The summed E-state index contributed by atoms with van der Waals surface area (Å²) in [4.78, 5) is 2.53. The van der Waals surface area contributed by atoms with Gasteiger partial charge in [0.15, 0.2) is 0 Å². The number of halogens is 1. The number of fused-ring (bicyclic) bond motifs is 1. The molecule has 2 nitrogen and oxygen atoms in total. The van der Waals surface area contributed by atoms with Crippen molar-refractivity contribution in [3.05, 3.63) is 28.8 Å². The van der Waals surface area contributed by atoms with Crippen LogP contribution < -0.4 is 4.90 Å². The van der Waals surface area contributed by atoms with Crippen molar-refractivity contribution >= 4 is 17.3 Å². The Balaban J connectivity index is 1.87. The smallest absolute Gasteiger partial charge is 0.0762 e. The van der Waals surface area contributed by atoms with E-state index in [-0.39, 0.29) is 0 Å². The van der Waals surface area contributed by atoms with Crippen molar-refractivity contribution in [3.8, 4) is 0 Å². The monoisotopic (exact) mass is 293 g/mol. The SMILES string of the molecule is CC(O)c1ccc(N2CCCC3CCCCC32)c(Cl)c1. The summed E-state index contributed by atoms with van der Waals surface area (Å²) >= 11 is 6.49. The highest BCUT2D eigenvalue weighted by Gasteiger charge is 2.33. The highest BCUT2D eigenvalue weighted by atomic mass is 35.5. The summed E-state index contributed by atoms with van der Waals surface area (Å²) in [6, 6.07) is 6.71. The molecule has 1 N–H and O–H groups in total. The van der Waals surface area contributed by atoms with E-state index in [9.17, 15) is 5.11 Å². The van der Waals surface area contributed by atoms with Gasteiger partial charge in [-0.2, -0.15) is 0 Å². The van der Waals surface area contributed by atoms with Gasteiger partial charge >= 0.3 is 0 Å². The molecule has 1 aromatic rings. The second-order valence-electron chi connectivity index (χ2n) is 6.33. The van der Waals surface area contributed by atoms with E-state index < -0.39 is 6.10 Å². The zero-order chi connectivity index (χ0) is 14.1. The third kappa shape index (κ3) is 2.68. The number of nitrogens with zero attached hydrogens (tertiary/aromatic N) is 1. The predicted molar refractivity (Wildman–Crippen MR) is 84.4 cm³/mol. The van der Waals surface area contributed by atoms with Crippen molar-refractivity contribution in [2.75, 3.05) is 11.4 Å². The van der Waals surface area contributed by atoms with Crippen LogP contribution in [0.25, 0.3) is 0 Å². The van der Waals surface area contributed by atoms with Crippen LogP contribution in [-0.2, 0) is 0 Å². The fraction of sp³-hybridized carbons (Fsp3) is 0.647. The Morgan fingerprint density at radius 3 is 2.70 bits per heavy atom. The average molecular weight is 294 g/mol. The average Bonchev–Trinajstić information content (AvgIpc) is 2.46. The molecule has 0 spiro atoms. The number of piperidine rings is 1. The molecular weight excluding hydrogens is 270 g/mol. The second kappa shape index (κ2) is 5.95. The van der Waals surface area contributed by atoms with E-state index in [4.69, 9.17) is 11.6 Å². The number of rotatable bonds is 2. The Morgan fingerprint density at radius 2 is 1.95 bits per heavy atom. The van der Waals surface area contributed by atoms with Crippen molar-refractivity contribution < 1.29 is 5.11 Å². The Bertz CT molecular complexity index is 472. The van der Waals surface area contributed by atoms with Gasteiger partial charge in [-0.1, -0.05) is 30.5 Å². The third-order valence-corrected chi connectivity index (χ3v) is 5.31. The molecule has 1 aromatic carbocycles. The van der Waals surface area contributed by atoms with E-state index in [1.165, 1.54) is 38.5 Å². The predicted octanol–water partition coefficient (Wildman–Crippen LogP) is 4.55. The zero-order valence-corrected chi connectivity index (χ0v) is 12.9. The van der Waals surface area contributed by atoms with Gasteiger partial charge in [-0.25, -0.2) is 0 Å². The molecule has 3 unspecified atom stereocenters. The normalized spacial score (nSPS) is 28.1. The first kappa shape index (κ1) is 14.2. The van der Waals surface area contributed by atoms with Gasteiger partial charge in [-0.15, -0.1) is 0 Å². The maximum atomic E-state index is 9.66. The van der Waals surface area contributed by atoms with Gasteiger partial charge < -0.3 is 10.0 Å². The summed E-state index contributed by atoms with van der Waals surface area (Å²) in [5.74, 6) is 0.852. The quantitative estimate of drug-likeness (QED) is 0.864. The van der Waals surface area contributed by atoms with Gasteiger partial charge in [0.2, 0.25) is 0 Å². The van der Waals surface area contributed by atoms with Crippen LogP contribution in [0.15, 0.2) is 18.2 Å². The van der Waals surface area contributed by atoms with Crippen molar-refractivity contribution in [1.82, 2.24) is 0 Å². The lowest BCUT2D eigenvalue weighted by molar-refractivity contribution is 0.199. The number of anilines is 1. The Kier molecular flexibility index (Phi) is 4.23. The largest absolute Gasteiger partial charge is 0.389 e. The van der Waals surface area contributed by atoms with E-state index in [0.29, 0.717) is 6.04 Å². The molecule has 1 heterocycles. The lowest BCUT2D eigenvalue weighted by Crippen LogP contribution is -2.47. The molecule has 3 atom stereocenters. The molecule has 3 rings (SSSR count). The minimum Gasteiger partial charge on any atom is -0.389 e. The Labute approximate surface area is 126 Å². The summed E-state index contributed by atoms with van der Waals surface area (Å²) in [7, 11) is 0. The van der Waals surface area contributed by atoms with Gasteiger partial charge in [-0.3, -0.25) is 0 Å². The molecule has 2 fully saturated rings. The summed E-state index contributed by atoms with van der Waals surface area (Å²) in [6.07, 6.45) is 7.62. The Hall–Kier alpha value is -0.730. The van der Waals surface area contributed by atoms with Gasteiger partial charge in [0.05, 0.1) is 16.8 Å². The number of aliphatic hydroxyl groups is 1. The number of hydrogen-bond donors (Lipinski definition) is 1. The Morgan fingerprint density at radius 1 is 1.20 bits per heavy atom. The number of benzene rings is 1. The molecule has 3 heteroatoms. The molecule has 20 heavy (non-hydrogen) atoms. The van der Waals surface area contributed by atoms with Crippen molar-refractivity contribution in [1.29, 1.82) is 0 Å². The van der Waals surface area contributed by atoms with Crippen LogP contribution in [0.4, 0.5) is 5.69 Å². The molecule has 0 aromatic heterocycles. The molecular formula is C17H24ClNO. The molecule has 0 radical (unpaired) electrons. The first-order valence-corrected chi connectivity index (χ1v) is 8.29. The molecule has 1 saturated heterocycles. The molecule has 0 amide bonds. The van der Waals surface area contributed by atoms with E-state index in [1.807, 2.05) is 12.1 Å². The number of aliphatic hydroxyl groups excluding tert-OH is 1. The van der Waals surface area contributed by atoms with Gasteiger partial charge in [-0.05, 0) is 56.2 Å². The van der Waals surface area contributed by atoms with Crippen molar-refractivity contribution in [2.45, 2.75) is 57.6 Å². The highest BCUT2D eigenvalue weighted by molar-refractivity contribution is 6.33. The van der Waals surface area contributed by atoms with Crippen LogP contribution in [0.5, 0.6) is 0 Å². The standard InChI is InChI=1S/C17H24ClNO/c1-12(20)14-8-9-17(15(18)11-14)19-10-4-6-13-5-2-3-7-16(13)19/h8-9,11-13,16,20H,2-7,10H2,1H3. The van der Waals surface area contributed by atoms with E-state index in [0.717, 1.165) is 28.7 Å². The van der Waals surface area contributed by atoms with Crippen LogP contribution in [0.3, 0.4) is 0 Å². The minimum absolute atomic E-state index is 0.453. The molecule has 110 valence electrons. The maximum absolute atomic E-state index is 9.66. The molecule has 1 aliphatic carbocycles. The highest BCUT2D eigenvalue weighted by Crippen LogP contribution is 2.40. The molecule has 2 aliphatic rings.